The highest BCUT2D eigenvalue weighted by atomic mass is 19.2. The number of hydrogen-bond acceptors (Lipinski definition) is 3. The fourth-order valence-electron chi connectivity index (χ4n) is 5.86. The van der Waals surface area contributed by atoms with Gasteiger partial charge in [0.25, 0.3) is 0 Å². The second-order valence-electron chi connectivity index (χ2n) is 10.5. The molecule has 0 spiro atoms. The van der Waals surface area contributed by atoms with Crippen LogP contribution in [0.1, 0.15) is 81.3 Å². The van der Waals surface area contributed by atoms with E-state index in [9.17, 15) is 22.7 Å². The fourth-order valence-corrected chi connectivity index (χ4v) is 5.86. The van der Waals surface area contributed by atoms with Gasteiger partial charge in [-0.2, -0.15) is 8.78 Å². The Kier molecular flexibility index (Phi) is 9.17. The Hall–Kier alpha value is -2.54. The maximum Gasteiger partial charge on any atom is 0.200 e. The third-order valence-electron chi connectivity index (χ3n) is 8.17. The molecule has 0 radical (unpaired) electrons. The molecule has 1 unspecified atom stereocenters. The molecule has 0 aromatic heterocycles. The normalized spacial score (nSPS) is 24.9. The third-order valence-corrected chi connectivity index (χ3v) is 8.17. The lowest BCUT2D eigenvalue weighted by atomic mass is 9.77. The highest BCUT2D eigenvalue weighted by Crippen LogP contribution is 2.41. The molecule has 2 fully saturated rings. The molecule has 0 amide bonds. The number of benzene rings is 2. The molecule has 2 aliphatic rings. The second-order valence-corrected chi connectivity index (χ2v) is 10.5. The van der Waals surface area contributed by atoms with Crippen molar-refractivity contribution in [1.82, 2.24) is 0 Å². The van der Waals surface area contributed by atoms with Gasteiger partial charge in [0.05, 0.1) is 12.7 Å². The van der Waals surface area contributed by atoms with E-state index in [1.165, 1.54) is 18.2 Å². The number of aliphatic hydroxyl groups is 1. The lowest BCUT2D eigenvalue weighted by Gasteiger charge is -2.31. The summed E-state index contributed by atoms with van der Waals surface area (Å²) in [6.07, 6.45) is 6.89. The first kappa shape index (κ1) is 27.5. The van der Waals surface area contributed by atoms with Gasteiger partial charge in [0.2, 0.25) is 11.6 Å². The van der Waals surface area contributed by atoms with E-state index in [1.54, 1.807) is 19.1 Å². The predicted molar refractivity (Wildman–Crippen MR) is 135 cm³/mol. The summed E-state index contributed by atoms with van der Waals surface area (Å²) in [5.74, 6) is -3.72. The molecule has 1 atom stereocenters. The van der Waals surface area contributed by atoms with Crippen molar-refractivity contribution in [3.63, 3.8) is 0 Å². The van der Waals surface area contributed by atoms with Crippen molar-refractivity contribution in [1.29, 1.82) is 0 Å². The average Bonchev–Trinajstić information content (AvgIpc) is 2.91. The SMILES string of the molecule is C=CCOc1ccc(C2CCC(COc3ccc(C4CCC(C(C)O)CC4)c(F)c3F)CC2)c(F)c1F. The molecule has 2 saturated carbocycles. The van der Waals surface area contributed by atoms with Crippen molar-refractivity contribution in [3.05, 3.63) is 71.3 Å². The first-order chi connectivity index (χ1) is 17.8. The van der Waals surface area contributed by atoms with Crippen LogP contribution in [0.5, 0.6) is 11.5 Å². The van der Waals surface area contributed by atoms with Crippen molar-refractivity contribution >= 4 is 0 Å². The topological polar surface area (TPSA) is 38.7 Å². The molecular formula is C30H36F4O3. The molecule has 2 aromatic carbocycles. The van der Waals surface area contributed by atoms with Gasteiger partial charge >= 0.3 is 0 Å². The molecule has 0 bridgehead atoms. The van der Waals surface area contributed by atoms with Crippen LogP contribution in [0.3, 0.4) is 0 Å². The van der Waals surface area contributed by atoms with Crippen LogP contribution in [0, 0.1) is 35.1 Å². The van der Waals surface area contributed by atoms with E-state index in [-0.39, 0.29) is 54.5 Å². The molecule has 3 nitrogen and oxygen atoms in total. The Morgan fingerprint density at radius 3 is 1.76 bits per heavy atom. The standard InChI is InChI=1S/C30H36F4O3/c1-3-16-36-25-14-12-23(27(31)29(25)33)21-6-4-19(5-7-21)17-37-26-15-13-24(28(32)30(26)34)22-10-8-20(9-11-22)18(2)35/h3,12-15,18-22,35H,1,4-11,16-17H2,2H3. The summed E-state index contributed by atoms with van der Waals surface area (Å²) in [5.41, 5.74) is 0.721. The molecule has 4 rings (SSSR count). The van der Waals surface area contributed by atoms with Crippen molar-refractivity contribution in [2.75, 3.05) is 13.2 Å². The van der Waals surface area contributed by atoms with Gasteiger partial charge in [-0.05, 0) is 105 Å². The molecule has 0 heterocycles. The van der Waals surface area contributed by atoms with Crippen molar-refractivity contribution in [2.45, 2.75) is 76.2 Å². The van der Waals surface area contributed by atoms with Crippen molar-refractivity contribution in [2.24, 2.45) is 11.8 Å². The number of aliphatic hydroxyl groups excluding tert-OH is 1. The van der Waals surface area contributed by atoms with Gasteiger partial charge in [0.15, 0.2) is 23.1 Å². The summed E-state index contributed by atoms with van der Waals surface area (Å²) in [7, 11) is 0. The van der Waals surface area contributed by atoms with Crippen LogP contribution < -0.4 is 9.47 Å². The van der Waals surface area contributed by atoms with Crippen LogP contribution in [-0.2, 0) is 0 Å². The van der Waals surface area contributed by atoms with Gasteiger partial charge in [0.1, 0.15) is 6.61 Å². The summed E-state index contributed by atoms with van der Waals surface area (Å²) in [4.78, 5) is 0. The van der Waals surface area contributed by atoms with Gasteiger partial charge in [0, 0.05) is 0 Å². The van der Waals surface area contributed by atoms with E-state index in [4.69, 9.17) is 9.47 Å². The lowest BCUT2D eigenvalue weighted by Crippen LogP contribution is -2.23. The van der Waals surface area contributed by atoms with Crippen LogP contribution in [0.2, 0.25) is 0 Å². The van der Waals surface area contributed by atoms with Crippen LogP contribution in [0.15, 0.2) is 36.9 Å². The molecule has 1 N–H and O–H groups in total. The molecule has 202 valence electrons. The van der Waals surface area contributed by atoms with E-state index in [0.717, 1.165) is 38.5 Å². The van der Waals surface area contributed by atoms with E-state index in [1.807, 2.05) is 0 Å². The first-order valence-corrected chi connectivity index (χ1v) is 13.3. The van der Waals surface area contributed by atoms with E-state index < -0.39 is 23.3 Å². The molecule has 0 aliphatic heterocycles. The molecule has 37 heavy (non-hydrogen) atoms. The zero-order valence-electron chi connectivity index (χ0n) is 21.3. The Morgan fingerprint density at radius 2 is 1.27 bits per heavy atom. The molecular weight excluding hydrogens is 484 g/mol. The summed E-state index contributed by atoms with van der Waals surface area (Å²) < 4.78 is 69.6. The molecule has 7 heteroatoms. The number of ether oxygens (including phenoxy) is 2. The number of rotatable bonds is 9. The highest BCUT2D eigenvalue weighted by molar-refractivity contribution is 5.34. The van der Waals surface area contributed by atoms with Gasteiger partial charge in [-0.25, -0.2) is 8.78 Å². The van der Waals surface area contributed by atoms with Gasteiger partial charge in [-0.1, -0.05) is 24.8 Å². The highest BCUT2D eigenvalue weighted by Gasteiger charge is 2.30. The van der Waals surface area contributed by atoms with Crippen LogP contribution in [0.25, 0.3) is 0 Å². The quantitative estimate of drug-likeness (QED) is 0.271. The van der Waals surface area contributed by atoms with Crippen LogP contribution in [-0.4, -0.2) is 24.4 Å². The maximum absolute atomic E-state index is 14.9. The van der Waals surface area contributed by atoms with Crippen molar-refractivity contribution < 1.29 is 32.1 Å². The minimum Gasteiger partial charge on any atom is -0.490 e. The lowest BCUT2D eigenvalue weighted by molar-refractivity contribution is 0.0963. The van der Waals surface area contributed by atoms with Crippen LogP contribution in [0.4, 0.5) is 17.6 Å². The van der Waals surface area contributed by atoms with E-state index in [2.05, 4.69) is 6.58 Å². The molecule has 2 aromatic rings. The van der Waals surface area contributed by atoms with Crippen molar-refractivity contribution in [3.8, 4) is 11.5 Å². The number of halogens is 4. The first-order valence-electron chi connectivity index (χ1n) is 13.3. The summed E-state index contributed by atoms with van der Waals surface area (Å²) in [5, 5.41) is 9.78. The van der Waals surface area contributed by atoms with Gasteiger partial charge < -0.3 is 14.6 Å². The zero-order valence-corrected chi connectivity index (χ0v) is 21.3. The Bertz CT molecular complexity index is 1070. The van der Waals surface area contributed by atoms with Gasteiger partial charge in [-0.15, -0.1) is 0 Å². The Balaban J connectivity index is 1.30. The zero-order chi connectivity index (χ0) is 26.5. The predicted octanol–water partition coefficient (Wildman–Crippen LogP) is 7.82. The monoisotopic (exact) mass is 520 g/mol. The molecule has 2 aliphatic carbocycles. The summed E-state index contributed by atoms with van der Waals surface area (Å²) >= 11 is 0. The minimum atomic E-state index is -0.984. The third kappa shape index (κ3) is 6.31. The largest absolute Gasteiger partial charge is 0.490 e. The summed E-state index contributed by atoms with van der Waals surface area (Å²) in [6, 6.07) is 6.16. The van der Waals surface area contributed by atoms with E-state index >= 15 is 0 Å². The Labute approximate surface area is 216 Å². The second kappa shape index (κ2) is 12.3. The smallest absolute Gasteiger partial charge is 0.200 e. The fraction of sp³-hybridized carbons (Fsp3) is 0.533. The average molecular weight is 521 g/mol. The number of hydrogen-bond donors (Lipinski definition) is 1. The van der Waals surface area contributed by atoms with E-state index in [0.29, 0.717) is 24.0 Å². The summed E-state index contributed by atoms with van der Waals surface area (Å²) in [6.45, 7) is 5.62. The Morgan fingerprint density at radius 1 is 0.784 bits per heavy atom. The minimum absolute atomic E-state index is 0.0540. The van der Waals surface area contributed by atoms with Crippen LogP contribution >= 0.6 is 0 Å². The van der Waals surface area contributed by atoms with Gasteiger partial charge in [-0.3, -0.25) is 0 Å². The maximum atomic E-state index is 14.9. The molecule has 0 saturated heterocycles.